The lowest BCUT2D eigenvalue weighted by Crippen LogP contribution is -1.92. The first kappa shape index (κ1) is 10.7. The zero-order chi connectivity index (χ0) is 11.5. The van der Waals surface area contributed by atoms with Gasteiger partial charge in [0.2, 0.25) is 0 Å². The molecule has 0 bridgehead atoms. The first-order valence-electron chi connectivity index (χ1n) is 4.69. The van der Waals surface area contributed by atoms with E-state index in [0.717, 1.165) is 10.1 Å². The van der Waals surface area contributed by atoms with E-state index in [4.69, 9.17) is 0 Å². The molecule has 0 saturated carbocycles. The topological polar surface area (TPSA) is 46.5 Å². The van der Waals surface area contributed by atoms with Crippen LogP contribution in [0.15, 0.2) is 30.3 Å². The minimum absolute atomic E-state index is 0.209. The summed E-state index contributed by atoms with van der Waals surface area (Å²) >= 11 is 1.43. The summed E-state index contributed by atoms with van der Waals surface area (Å²) in [5, 5.41) is 10.7. The molecule has 0 atom stereocenters. The molecule has 0 amide bonds. The largest absolute Gasteiger partial charge is 0.506 e. The van der Waals surface area contributed by atoms with Crippen LogP contribution >= 0.6 is 11.3 Å². The number of hydrogen-bond donors (Lipinski definition) is 1. The Kier molecular flexibility index (Phi) is 2.92. The van der Waals surface area contributed by atoms with Gasteiger partial charge in [0.15, 0.2) is 0 Å². The molecule has 0 spiro atoms. The molecular formula is C12H10O3S. The maximum absolute atomic E-state index is 10.9. The number of carbonyl (C=O) groups is 1. The van der Waals surface area contributed by atoms with Crippen molar-refractivity contribution < 1.29 is 14.6 Å². The van der Waals surface area contributed by atoms with Gasteiger partial charge in [0.25, 0.3) is 0 Å². The summed E-state index contributed by atoms with van der Waals surface area (Å²) in [7, 11) is 1.32. The van der Waals surface area contributed by atoms with Crippen molar-refractivity contribution in [2.45, 2.75) is 0 Å². The summed E-state index contributed by atoms with van der Waals surface area (Å²) in [6.45, 7) is 0. The number of thiophene rings is 1. The van der Waals surface area contributed by atoms with Crippen molar-refractivity contribution >= 4 is 33.5 Å². The highest BCUT2D eigenvalue weighted by Gasteiger charge is 2.08. The van der Waals surface area contributed by atoms with Crippen LogP contribution in [0.5, 0.6) is 5.75 Å². The van der Waals surface area contributed by atoms with Crippen LogP contribution in [0, 0.1) is 0 Å². The third-order valence-electron chi connectivity index (χ3n) is 2.17. The van der Waals surface area contributed by atoms with E-state index in [1.165, 1.54) is 24.5 Å². The molecule has 3 nitrogen and oxygen atoms in total. The molecule has 0 saturated heterocycles. The second-order valence-electron chi connectivity index (χ2n) is 3.17. The molecule has 1 aromatic heterocycles. The third-order valence-corrected chi connectivity index (χ3v) is 3.29. The normalized spacial score (nSPS) is 11.1. The molecule has 82 valence electrons. The summed E-state index contributed by atoms with van der Waals surface area (Å²) in [6.07, 6.45) is 2.86. The quantitative estimate of drug-likeness (QED) is 0.642. The number of fused-ring (bicyclic) bond motifs is 1. The molecule has 1 N–H and O–H groups in total. The van der Waals surface area contributed by atoms with E-state index in [1.54, 1.807) is 6.08 Å². The van der Waals surface area contributed by atoms with Gasteiger partial charge in [0.1, 0.15) is 5.75 Å². The minimum Gasteiger partial charge on any atom is -0.506 e. The highest BCUT2D eigenvalue weighted by atomic mass is 32.1. The predicted molar refractivity (Wildman–Crippen MR) is 64.5 cm³/mol. The number of benzene rings is 1. The standard InChI is InChI=1S/C12H10O3S/c1-15-11(13)7-6-10-12(14)8-4-2-3-5-9(8)16-10/h2-7,14H,1H3/b7-6+. The van der Waals surface area contributed by atoms with Gasteiger partial charge < -0.3 is 9.84 Å². The number of methoxy groups -OCH3 is 1. The van der Waals surface area contributed by atoms with E-state index in [9.17, 15) is 9.90 Å². The number of esters is 1. The Hall–Kier alpha value is -1.81. The van der Waals surface area contributed by atoms with Gasteiger partial charge in [-0.3, -0.25) is 0 Å². The van der Waals surface area contributed by atoms with Crippen molar-refractivity contribution in [1.29, 1.82) is 0 Å². The van der Waals surface area contributed by atoms with Crippen LogP contribution in [0.1, 0.15) is 4.88 Å². The maximum Gasteiger partial charge on any atom is 0.330 e. The Morgan fingerprint density at radius 1 is 1.44 bits per heavy atom. The van der Waals surface area contributed by atoms with Crippen molar-refractivity contribution in [3.63, 3.8) is 0 Å². The fraction of sp³-hybridized carbons (Fsp3) is 0.0833. The van der Waals surface area contributed by atoms with Crippen LogP contribution in [0.25, 0.3) is 16.2 Å². The average Bonchev–Trinajstić information content (AvgIpc) is 2.64. The van der Waals surface area contributed by atoms with E-state index in [2.05, 4.69) is 4.74 Å². The summed E-state index contributed by atoms with van der Waals surface area (Å²) in [5.41, 5.74) is 0. The molecule has 2 rings (SSSR count). The van der Waals surface area contributed by atoms with Gasteiger partial charge in [-0.05, 0) is 18.2 Å². The van der Waals surface area contributed by atoms with Crippen LogP contribution in [0.2, 0.25) is 0 Å². The number of rotatable bonds is 2. The Balaban J connectivity index is 2.42. The summed E-state index contributed by atoms with van der Waals surface area (Å²) < 4.78 is 5.47. The van der Waals surface area contributed by atoms with Gasteiger partial charge in [-0.2, -0.15) is 0 Å². The Labute approximate surface area is 96.6 Å². The zero-order valence-electron chi connectivity index (χ0n) is 8.64. The molecule has 0 aliphatic carbocycles. The van der Waals surface area contributed by atoms with Gasteiger partial charge in [0.05, 0.1) is 12.0 Å². The molecule has 4 heteroatoms. The summed E-state index contributed by atoms with van der Waals surface area (Å²) in [4.78, 5) is 11.6. The van der Waals surface area contributed by atoms with Crippen molar-refractivity contribution in [3.8, 4) is 5.75 Å². The van der Waals surface area contributed by atoms with E-state index in [1.807, 2.05) is 24.3 Å². The Bertz CT molecular complexity index is 554. The van der Waals surface area contributed by atoms with Gasteiger partial charge in [-0.25, -0.2) is 4.79 Å². The lowest BCUT2D eigenvalue weighted by atomic mass is 10.2. The van der Waals surface area contributed by atoms with Gasteiger partial charge in [-0.1, -0.05) is 12.1 Å². The number of aromatic hydroxyl groups is 1. The number of ether oxygens (including phenoxy) is 1. The van der Waals surface area contributed by atoms with Gasteiger partial charge in [0, 0.05) is 16.2 Å². The Morgan fingerprint density at radius 3 is 2.88 bits per heavy atom. The molecule has 2 aromatic rings. The maximum atomic E-state index is 10.9. The van der Waals surface area contributed by atoms with Crippen LogP contribution in [0.3, 0.4) is 0 Å². The first-order valence-corrected chi connectivity index (χ1v) is 5.50. The van der Waals surface area contributed by atoms with E-state index < -0.39 is 5.97 Å². The predicted octanol–water partition coefficient (Wildman–Crippen LogP) is 2.79. The van der Waals surface area contributed by atoms with Crippen LogP contribution in [-0.4, -0.2) is 18.2 Å². The van der Waals surface area contributed by atoms with Crippen LogP contribution in [-0.2, 0) is 9.53 Å². The number of carbonyl (C=O) groups excluding carboxylic acids is 1. The molecule has 0 fully saturated rings. The second kappa shape index (κ2) is 4.37. The first-order chi connectivity index (χ1) is 7.72. The fourth-order valence-electron chi connectivity index (χ4n) is 1.38. The second-order valence-corrected chi connectivity index (χ2v) is 4.25. The van der Waals surface area contributed by atoms with Crippen molar-refractivity contribution in [2.75, 3.05) is 7.11 Å². The minimum atomic E-state index is -0.433. The Morgan fingerprint density at radius 2 is 2.19 bits per heavy atom. The highest BCUT2D eigenvalue weighted by Crippen LogP contribution is 2.37. The van der Waals surface area contributed by atoms with Crippen LogP contribution in [0.4, 0.5) is 0 Å². The van der Waals surface area contributed by atoms with Crippen molar-refractivity contribution in [3.05, 3.63) is 35.2 Å². The molecule has 0 radical (unpaired) electrons. The lowest BCUT2D eigenvalue weighted by molar-refractivity contribution is -0.134. The molecule has 0 aliphatic heterocycles. The highest BCUT2D eigenvalue weighted by molar-refractivity contribution is 7.20. The summed E-state index contributed by atoms with van der Waals surface area (Å²) in [6, 6.07) is 7.54. The molecule has 0 aliphatic rings. The third kappa shape index (κ3) is 1.92. The van der Waals surface area contributed by atoms with E-state index >= 15 is 0 Å². The number of hydrogen-bond acceptors (Lipinski definition) is 4. The van der Waals surface area contributed by atoms with E-state index in [0.29, 0.717) is 4.88 Å². The monoisotopic (exact) mass is 234 g/mol. The van der Waals surface area contributed by atoms with E-state index in [-0.39, 0.29) is 5.75 Å². The molecule has 1 heterocycles. The zero-order valence-corrected chi connectivity index (χ0v) is 9.45. The molecular weight excluding hydrogens is 224 g/mol. The van der Waals surface area contributed by atoms with Gasteiger partial charge in [-0.15, -0.1) is 11.3 Å². The van der Waals surface area contributed by atoms with Crippen molar-refractivity contribution in [1.82, 2.24) is 0 Å². The molecule has 0 unspecified atom stereocenters. The SMILES string of the molecule is COC(=O)/C=C/c1sc2ccccc2c1O. The van der Waals surface area contributed by atoms with Crippen LogP contribution < -0.4 is 0 Å². The fourth-order valence-corrected chi connectivity index (χ4v) is 2.38. The van der Waals surface area contributed by atoms with Crippen molar-refractivity contribution in [2.24, 2.45) is 0 Å². The molecule has 1 aromatic carbocycles. The summed E-state index contributed by atoms with van der Waals surface area (Å²) in [5.74, 6) is -0.224. The smallest absolute Gasteiger partial charge is 0.330 e. The van der Waals surface area contributed by atoms with Gasteiger partial charge >= 0.3 is 5.97 Å². The lowest BCUT2D eigenvalue weighted by Gasteiger charge is -1.91. The average molecular weight is 234 g/mol. The molecule has 16 heavy (non-hydrogen) atoms.